The quantitative estimate of drug-likeness (QED) is 0.188. The van der Waals surface area contributed by atoms with Crippen LogP contribution in [0.5, 0.6) is 0 Å². The number of aryl methyl sites for hydroxylation is 1. The van der Waals surface area contributed by atoms with Gasteiger partial charge in [0, 0.05) is 17.9 Å². The lowest BCUT2D eigenvalue weighted by molar-refractivity contribution is -0.134. The van der Waals surface area contributed by atoms with Gasteiger partial charge in [0.05, 0.1) is 25.6 Å². The van der Waals surface area contributed by atoms with Crippen molar-refractivity contribution in [3.63, 3.8) is 0 Å². The minimum Gasteiger partial charge on any atom is -0.465 e. The predicted molar refractivity (Wildman–Crippen MR) is 165 cm³/mol. The molecule has 0 atom stereocenters. The standard InChI is InChI=1S/C34H32N4O5/c1-23-8-6-7-11-28(23)36-34-37-29-17-12-25(20-30(29)43-34)21-32(40)38(19-18-24-9-4-3-5-10-24)22-31(39)35-27-15-13-26(14-16-27)33(41)42-2/h3-17,20H,18-19,21-22H2,1-2H3,(H,35,39)(H,36,37). The molecule has 2 amide bonds. The minimum absolute atomic E-state index is 0.0904. The Labute approximate surface area is 249 Å². The summed E-state index contributed by atoms with van der Waals surface area (Å²) >= 11 is 0. The average molecular weight is 577 g/mol. The van der Waals surface area contributed by atoms with Crippen molar-refractivity contribution in [3.8, 4) is 0 Å². The maximum absolute atomic E-state index is 13.5. The van der Waals surface area contributed by atoms with Gasteiger partial charge in [-0.25, -0.2) is 4.79 Å². The molecule has 0 aliphatic carbocycles. The van der Waals surface area contributed by atoms with E-state index in [-0.39, 0.29) is 24.8 Å². The molecule has 5 aromatic rings. The van der Waals surface area contributed by atoms with E-state index in [1.165, 1.54) is 7.11 Å². The highest BCUT2D eigenvalue weighted by atomic mass is 16.5. The molecule has 0 aliphatic rings. The molecule has 0 unspecified atom stereocenters. The lowest BCUT2D eigenvalue weighted by Gasteiger charge is -2.22. The fraction of sp³-hybridized carbons (Fsp3) is 0.176. The summed E-state index contributed by atoms with van der Waals surface area (Å²) in [4.78, 5) is 44.3. The maximum atomic E-state index is 13.5. The zero-order valence-electron chi connectivity index (χ0n) is 24.0. The molecular formula is C34H32N4O5. The third kappa shape index (κ3) is 7.65. The van der Waals surface area contributed by atoms with Crippen molar-refractivity contribution >= 4 is 46.3 Å². The molecule has 0 saturated carbocycles. The largest absolute Gasteiger partial charge is 0.465 e. The van der Waals surface area contributed by atoms with Crippen molar-refractivity contribution in [3.05, 3.63) is 119 Å². The fourth-order valence-corrected chi connectivity index (χ4v) is 4.63. The molecule has 5 rings (SSSR count). The number of nitrogens with one attached hydrogen (secondary N) is 2. The number of carbonyl (C=O) groups excluding carboxylic acids is 3. The average Bonchev–Trinajstić information content (AvgIpc) is 3.42. The third-order valence-electron chi connectivity index (χ3n) is 6.99. The van der Waals surface area contributed by atoms with E-state index >= 15 is 0 Å². The Morgan fingerprint density at radius 1 is 0.884 bits per heavy atom. The number of hydrogen-bond donors (Lipinski definition) is 2. The second-order valence-corrected chi connectivity index (χ2v) is 10.1. The summed E-state index contributed by atoms with van der Waals surface area (Å²) in [6.07, 6.45) is 0.690. The van der Waals surface area contributed by atoms with Crippen molar-refractivity contribution in [2.75, 3.05) is 30.8 Å². The van der Waals surface area contributed by atoms with Gasteiger partial charge in [-0.15, -0.1) is 0 Å². The Balaban J connectivity index is 1.28. The summed E-state index contributed by atoms with van der Waals surface area (Å²) in [6.45, 7) is 2.24. The van der Waals surface area contributed by atoms with Crippen LogP contribution in [-0.4, -0.2) is 47.9 Å². The van der Waals surface area contributed by atoms with Crippen LogP contribution in [-0.2, 0) is 27.2 Å². The molecule has 0 bridgehead atoms. The Hall–Kier alpha value is -5.44. The lowest BCUT2D eigenvalue weighted by atomic mass is 10.1. The number of anilines is 3. The number of rotatable bonds is 11. The second kappa shape index (κ2) is 13.5. The predicted octanol–water partition coefficient (Wildman–Crippen LogP) is 5.92. The van der Waals surface area contributed by atoms with E-state index in [2.05, 4.69) is 15.6 Å². The summed E-state index contributed by atoms with van der Waals surface area (Å²) in [5.41, 5.74) is 5.90. The van der Waals surface area contributed by atoms with Gasteiger partial charge in [0.2, 0.25) is 11.8 Å². The van der Waals surface area contributed by atoms with E-state index in [0.717, 1.165) is 22.4 Å². The van der Waals surface area contributed by atoms with E-state index in [0.29, 0.717) is 41.3 Å². The first kappa shape index (κ1) is 29.1. The third-order valence-corrected chi connectivity index (χ3v) is 6.99. The van der Waals surface area contributed by atoms with E-state index in [1.54, 1.807) is 29.2 Å². The number of aromatic nitrogens is 1. The monoisotopic (exact) mass is 576 g/mol. The van der Waals surface area contributed by atoms with Gasteiger partial charge in [-0.05, 0) is 72.5 Å². The Morgan fingerprint density at radius 2 is 1.63 bits per heavy atom. The number of hydrogen-bond acceptors (Lipinski definition) is 7. The van der Waals surface area contributed by atoms with Gasteiger partial charge in [-0.3, -0.25) is 9.59 Å². The van der Waals surface area contributed by atoms with Crippen LogP contribution < -0.4 is 10.6 Å². The molecule has 0 saturated heterocycles. The van der Waals surface area contributed by atoms with Gasteiger partial charge in [-0.2, -0.15) is 4.98 Å². The summed E-state index contributed by atoms with van der Waals surface area (Å²) in [5, 5.41) is 6.01. The van der Waals surface area contributed by atoms with Gasteiger partial charge in [0.25, 0.3) is 6.01 Å². The van der Waals surface area contributed by atoms with Crippen LogP contribution >= 0.6 is 0 Å². The van der Waals surface area contributed by atoms with E-state index in [4.69, 9.17) is 9.15 Å². The number of fused-ring (bicyclic) bond motifs is 1. The molecule has 218 valence electrons. The van der Waals surface area contributed by atoms with Crippen molar-refractivity contribution in [1.29, 1.82) is 0 Å². The number of oxazole rings is 1. The summed E-state index contributed by atoms with van der Waals surface area (Å²) in [6, 6.07) is 29.9. The normalized spacial score (nSPS) is 10.7. The van der Waals surface area contributed by atoms with Gasteiger partial charge in [0.1, 0.15) is 5.52 Å². The zero-order chi connectivity index (χ0) is 30.2. The molecule has 1 heterocycles. The van der Waals surface area contributed by atoms with Crippen LogP contribution in [0.1, 0.15) is 27.0 Å². The molecule has 1 aromatic heterocycles. The first-order chi connectivity index (χ1) is 20.9. The Kier molecular flexibility index (Phi) is 9.11. The number of carbonyl (C=O) groups is 3. The molecule has 4 aromatic carbocycles. The smallest absolute Gasteiger partial charge is 0.337 e. The molecule has 0 spiro atoms. The van der Waals surface area contributed by atoms with Crippen molar-refractivity contribution in [2.45, 2.75) is 19.8 Å². The van der Waals surface area contributed by atoms with Gasteiger partial charge < -0.3 is 24.7 Å². The highest BCUT2D eigenvalue weighted by Gasteiger charge is 2.19. The SMILES string of the molecule is COC(=O)c1ccc(NC(=O)CN(CCc2ccccc2)C(=O)Cc2ccc3nc(Nc4ccccc4C)oc3c2)cc1. The highest BCUT2D eigenvalue weighted by Crippen LogP contribution is 2.25. The number of benzene rings is 4. The molecule has 43 heavy (non-hydrogen) atoms. The maximum Gasteiger partial charge on any atom is 0.337 e. The highest BCUT2D eigenvalue weighted by molar-refractivity contribution is 5.96. The number of nitrogens with zero attached hydrogens (tertiary/aromatic N) is 2. The lowest BCUT2D eigenvalue weighted by Crippen LogP contribution is -2.40. The van der Waals surface area contributed by atoms with Crippen LogP contribution in [0.4, 0.5) is 17.4 Å². The molecule has 0 aliphatic heterocycles. The van der Waals surface area contributed by atoms with E-state index < -0.39 is 5.97 Å². The molecule has 2 N–H and O–H groups in total. The number of methoxy groups -OCH3 is 1. The Morgan fingerprint density at radius 3 is 2.37 bits per heavy atom. The van der Waals surface area contributed by atoms with Crippen molar-refractivity contribution < 1.29 is 23.5 Å². The fourth-order valence-electron chi connectivity index (χ4n) is 4.63. The summed E-state index contributed by atoms with van der Waals surface area (Å²) < 4.78 is 10.7. The number of para-hydroxylation sites is 1. The van der Waals surface area contributed by atoms with E-state index in [1.807, 2.05) is 79.7 Å². The zero-order valence-corrected chi connectivity index (χ0v) is 24.0. The van der Waals surface area contributed by atoms with Crippen LogP contribution in [0.25, 0.3) is 11.1 Å². The van der Waals surface area contributed by atoms with Crippen molar-refractivity contribution in [1.82, 2.24) is 9.88 Å². The molecule has 0 fully saturated rings. The van der Waals surface area contributed by atoms with Crippen LogP contribution in [0.2, 0.25) is 0 Å². The molecule has 0 radical (unpaired) electrons. The second-order valence-electron chi connectivity index (χ2n) is 10.1. The summed E-state index contributed by atoms with van der Waals surface area (Å²) in [7, 11) is 1.31. The van der Waals surface area contributed by atoms with Gasteiger partial charge in [0.15, 0.2) is 5.58 Å². The summed E-state index contributed by atoms with van der Waals surface area (Å²) in [5.74, 6) is -0.994. The van der Waals surface area contributed by atoms with Gasteiger partial charge in [-0.1, -0.05) is 54.6 Å². The van der Waals surface area contributed by atoms with Gasteiger partial charge >= 0.3 is 5.97 Å². The number of esters is 1. The minimum atomic E-state index is -0.460. The molecular weight excluding hydrogens is 544 g/mol. The Bertz CT molecular complexity index is 1730. The first-order valence-corrected chi connectivity index (χ1v) is 13.9. The van der Waals surface area contributed by atoms with E-state index in [9.17, 15) is 14.4 Å². The number of ether oxygens (including phenoxy) is 1. The molecule has 9 heteroatoms. The molecule has 9 nitrogen and oxygen atoms in total. The van der Waals surface area contributed by atoms with Crippen LogP contribution in [0.3, 0.4) is 0 Å². The van der Waals surface area contributed by atoms with Crippen LogP contribution in [0, 0.1) is 6.92 Å². The first-order valence-electron chi connectivity index (χ1n) is 13.9. The topological polar surface area (TPSA) is 114 Å². The van der Waals surface area contributed by atoms with Crippen molar-refractivity contribution in [2.24, 2.45) is 0 Å². The number of amides is 2. The van der Waals surface area contributed by atoms with Crippen LogP contribution in [0.15, 0.2) is 101 Å².